The summed E-state index contributed by atoms with van der Waals surface area (Å²) in [6, 6.07) is 0. The van der Waals surface area contributed by atoms with Crippen LogP contribution in [0.5, 0.6) is 0 Å². The normalized spacial score (nSPS) is 19.0. The number of hydrogen-bond donors (Lipinski definition) is 1. The lowest BCUT2D eigenvalue weighted by molar-refractivity contribution is -0.126. The minimum atomic E-state index is 0.244. The molecule has 1 N–H and O–H groups in total. The van der Waals surface area contributed by atoms with E-state index in [1.807, 2.05) is 19.0 Å². The van der Waals surface area contributed by atoms with Gasteiger partial charge in [0.05, 0.1) is 6.67 Å². The van der Waals surface area contributed by atoms with E-state index in [4.69, 9.17) is 0 Å². The fourth-order valence-electron chi connectivity index (χ4n) is 1.75. The van der Waals surface area contributed by atoms with E-state index in [0.717, 1.165) is 12.8 Å². The van der Waals surface area contributed by atoms with Crippen molar-refractivity contribution < 1.29 is 4.79 Å². The van der Waals surface area contributed by atoms with E-state index in [9.17, 15) is 4.79 Å². The van der Waals surface area contributed by atoms with E-state index in [-0.39, 0.29) is 11.8 Å². The minimum absolute atomic E-state index is 0.244. The molecule has 1 amide bonds. The number of amides is 1. The van der Waals surface area contributed by atoms with E-state index in [0.29, 0.717) is 6.67 Å². The van der Waals surface area contributed by atoms with E-state index in [1.54, 1.807) is 0 Å². The summed E-state index contributed by atoms with van der Waals surface area (Å²) in [6.45, 7) is 0.662. The summed E-state index contributed by atoms with van der Waals surface area (Å²) in [5.41, 5.74) is 0. The van der Waals surface area contributed by atoms with Crippen LogP contribution in [0.3, 0.4) is 0 Å². The van der Waals surface area contributed by atoms with Crippen molar-refractivity contribution in [2.75, 3.05) is 20.8 Å². The molecular weight excluding hydrogens is 164 g/mol. The Morgan fingerprint density at radius 3 is 2.46 bits per heavy atom. The number of carbonyl (C=O) groups is 1. The molecule has 1 saturated carbocycles. The molecule has 0 bridgehead atoms. The molecule has 0 saturated heterocycles. The molecule has 76 valence electrons. The molecule has 3 heteroatoms. The van der Waals surface area contributed by atoms with Gasteiger partial charge in [0.15, 0.2) is 0 Å². The van der Waals surface area contributed by atoms with Gasteiger partial charge >= 0.3 is 0 Å². The van der Waals surface area contributed by atoms with Gasteiger partial charge in [0.2, 0.25) is 5.91 Å². The zero-order chi connectivity index (χ0) is 9.68. The van der Waals surface area contributed by atoms with Crippen LogP contribution in [-0.2, 0) is 4.79 Å². The van der Waals surface area contributed by atoms with Gasteiger partial charge in [0.1, 0.15) is 0 Å². The van der Waals surface area contributed by atoms with Crippen LogP contribution in [0.4, 0.5) is 0 Å². The zero-order valence-corrected chi connectivity index (χ0v) is 8.68. The fraction of sp³-hybridized carbons (Fsp3) is 0.900. The standard InChI is InChI=1S/C10H20N2O/c1-12(2)8-11-10(13)9-6-4-3-5-7-9/h9H,3-8H2,1-2H3,(H,11,13). The van der Waals surface area contributed by atoms with Crippen molar-refractivity contribution in [2.45, 2.75) is 32.1 Å². The van der Waals surface area contributed by atoms with Gasteiger partial charge in [-0.3, -0.25) is 9.69 Å². The van der Waals surface area contributed by atoms with Gasteiger partial charge < -0.3 is 5.32 Å². The maximum atomic E-state index is 11.6. The maximum Gasteiger partial charge on any atom is 0.224 e. The Morgan fingerprint density at radius 2 is 1.92 bits per heavy atom. The van der Waals surface area contributed by atoms with Gasteiger partial charge in [-0.15, -0.1) is 0 Å². The Morgan fingerprint density at radius 1 is 1.31 bits per heavy atom. The van der Waals surface area contributed by atoms with E-state index >= 15 is 0 Å². The first-order valence-electron chi connectivity index (χ1n) is 5.12. The minimum Gasteiger partial charge on any atom is -0.343 e. The number of hydrogen-bond acceptors (Lipinski definition) is 2. The van der Waals surface area contributed by atoms with Crippen LogP contribution in [0.15, 0.2) is 0 Å². The third-order valence-corrected chi connectivity index (χ3v) is 2.55. The van der Waals surface area contributed by atoms with E-state index in [2.05, 4.69) is 5.32 Å². The Bertz CT molecular complexity index is 162. The van der Waals surface area contributed by atoms with Crippen molar-refractivity contribution in [2.24, 2.45) is 5.92 Å². The molecular formula is C10H20N2O. The molecule has 0 radical (unpaired) electrons. The summed E-state index contributed by atoms with van der Waals surface area (Å²) in [4.78, 5) is 13.5. The molecule has 0 heterocycles. The second-order valence-corrected chi connectivity index (χ2v) is 4.11. The summed E-state index contributed by atoms with van der Waals surface area (Å²) in [6.07, 6.45) is 5.91. The Hall–Kier alpha value is -0.570. The molecule has 0 atom stereocenters. The molecule has 1 rings (SSSR count). The smallest absolute Gasteiger partial charge is 0.224 e. The van der Waals surface area contributed by atoms with Gasteiger partial charge in [-0.1, -0.05) is 19.3 Å². The monoisotopic (exact) mass is 184 g/mol. The molecule has 13 heavy (non-hydrogen) atoms. The highest BCUT2D eigenvalue weighted by Gasteiger charge is 2.20. The van der Waals surface area contributed by atoms with Crippen LogP contribution in [-0.4, -0.2) is 31.6 Å². The Balaban J connectivity index is 2.21. The summed E-state index contributed by atoms with van der Waals surface area (Å²) < 4.78 is 0. The highest BCUT2D eigenvalue weighted by atomic mass is 16.2. The van der Waals surface area contributed by atoms with Gasteiger partial charge in [0, 0.05) is 5.92 Å². The third kappa shape index (κ3) is 3.77. The number of nitrogens with one attached hydrogen (secondary N) is 1. The van der Waals surface area contributed by atoms with Crippen LogP contribution in [0.1, 0.15) is 32.1 Å². The first-order valence-corrected chi connectivity index (χ1v) is 5.12. The molecule has 0 aromatic heterocycles. The lowest BCUT2D eigenvalue weighted by Crippen LogP contribution is -2.37. The van der Waals surface area contributed by atoms with Crippen LogP contribution in [0, 0.1) is 5.92 Å². The molecule has 0 aromatic rings. The van der Waals surface area contributed by atoms with Crippen LogP contribution in [0.2, 0.25) is 0 Å². The molecule has 1 aliphatic carbocycles. The van der Waals surface area contributed by atoms with Crippen molar-refractivity contribution >= 4 is 5.91 Å². The van der Waals surface area contributed by atoms with Crippen molar-refractivity contribution in [3.63, 3.8) is 0 Å². The first-order chi connectivity index (χ1) is 6.20. The molecule has 1 fully saturated rings. The zero-order valence-electron chi connectivity index (χ0n) is 8.68. The molecule has 0 spiro atoms. The average molecular weight is 184 g/mol. The molecule has 1 aliphatic rings. The summed E-state index contributed by atoms with van der Waals surface area (Å²) in [7, 11) is 3.92. The topological polar surface area (TPSA) is 32.3 Å². The largest absolute Gasteiger partial charge is 0.343 e. The number of carbonyl (C=O) groups excluding carboxylic acids is 1. The highest BCUT2D eigenvalue weighted by Crippen LogP contribution is 2.23. The Labute approximate surface area is 80.5 Å². The molecule has 3 nitrogen and oxygen atoms in total. The summed E-state index contributed by atoms with van der Waals surface area (Å²) in [5.74, 6) is 0.530. The van der Waals surface area contributed by atoms with Crippen molar-refractivity contribution in [1.82, 2.24) is 10.2 Å². The van der Waals surface area contributed by atoms with Crippen LogP contribution in [0.25, 0.3) is 0 Å². The maximum absolute atomic E-state index is 11.6. The van der Waals surface area contributed by atoms with Gasteiger partial charge in [-0.05, 0) is 26.9 Å². The SMILES string of the molecule is CN(C)CNC(=O)C1CCCCC1. The summed E-state index contributed by atoms with van der Waals surface area (Å²) in [5, 5.41) is 2.94. The highest BCUT2D eigenvalue weighted by molar-refractivity contribution is 5.78. The van der Waals surface area contributed by atoms with Crippen molar-refractivity contribution in [1.29, 1.82) is 0 Å². The van der Waals surface area contributed by atoms with Crippen molar-refractivity contribution in [3.8, 4) is 0 Å². The summed E-state index contributed by atoms with van der Waals surface area (Å²) >= 11 is 0. The average Bonchev–Trinajstić information content (AvgIpc) is 2.15. The van der Waals surface area contributed by atoms with E-state index in [1.165, 1.54) is 19.3 Å². The molecule has 0 aromatic carbocycles. The fourth-order valence-corrected chi connectivity index (χ4v) is 1.75. The van der Waals surface area contributed by atoms with Crippen LogP contribution >= 0.6 is 0 Å². The molecule has 0 unspecified atom stereocenters. The van der Waals surface area contributed by atoms with Gasteiger partial charge in [-0.2, -0.15) is 0 Å². The Kier molecular flexibility index (Phi) is 4.22. The number of rotatable bonds is 3. The van der Waals surface area contributed by atoms with Gasteiger partial charge in [-0.25, -0.2) is 0 Å². The first kappa shape index (κ1) is 10.5. The number of nitrogens with zero attached hydrogens (tertiary/aromatic N) is 1. The lowest BCUT2D eigenvalue weighted by Gasteiger charge is -2.21. The molecule has 0 aliphatic heterocycles. The van der Waals surface area contributed by atoms with Crippen molar-refractivity contribution in [3.05, 3.63) is 0 Å². The lowest BCUT2D eigenvalue weighted by atomic mass is 9.89. The van der Waals surface area contributed by atoms with E-state index < -0.39 is 0 Å². The second kappa shape index (κ2) is 5.22. The quantitative estimate of drug-likeness (QED) is 0.668. The van der Waals surface area contributed by atoms with Crippen LogP contribution < -0.4 is 5.32 Å². The predicted octanol–water partition coefficient (Wildman–Crippen LogP) is 1.20. The van der Waals surface area contributed by atoms with Gasteiger partial charge in [0.25, 0.3) is 0 Å². The third-order valence-electron chi connectivity index (χ3n) is 2.55. The second-order valence-electron chi connectivity index (χ2n) is 4.11. The predicted molar refractivity (Wildman–Crippen MR) is 53.3 cm³/mol.